The standard InChI is InChI=1S/C11H9BrF3NO/c12-6-1-2-16(5-6)11(17)10-8(14)3-7(13)4-9(10)15/h3-4,6H,1-2,5H2. The fourth-order valence-electron chi connectivity index (χ4n) is 1.81. The number of rotatable bonds is 1. The number of alkyl halides is 1. The first-order valence-electron chi connectivity index (χ1n) is 5.07. The molecule has 0 radical (unpaired) electrons. The molecular weight excluding hydrogens is 299 g/mol. The minimum atomic E-state index is -1.16. The van der Waals surface area contributed by atoms with Crippen molar-refractivity contribution in [3.63, 3.8) is 0 Å². The number of halogens is 4. The van der Waals surface area contributed by atoms with E-state index in [0.29, 0.717) is 25.2 Å². The highest BCUT2D eigenvalue weighted by atomic mass is 79.9. The van der Waals surface area contributed by atoms with Gasteiger partial charge in [-0.15, -0.1) is 0 Å². The molecule has 0 spiro atoms. The third kappa shape index (κ3) is 2.46. The first-order valence-corrected chi connectivity index (χ1v) is 5.98. The van der Waals surface area contributed by atoms with E-state index in [0.717, 1.165) is 6.42 Å². The Hall–Kier alpha value is -1.04. The van der Waals surface area contributed by atoms with Crippen molar-refractivity contribution in [3.05, 3.63) is 35.1 Å². The van der Waals surface area contributed by atoms with E-state index >= 15 is 0 Å². The van der Waals surface area contributed by atoms with Gasteiger partial charge in [0.15, 0.2) is 0 Å². The number of hydrogen-bond donors (Lipinski definition) is 0. The molecule has 0 N–H and O–H groups in total. The molecule has 1 fully saturated rings. The van der Waals surface area contributed by atoms with Crippen molar-refractivity contribution in [1.29, 1.82) is 0 Å². The van der Waals surface area contributed by atoms with Gasteiger partial charge in [-0.25, -0.2) is 13.2 Å². The van der Waals surface area contributed by atoms with Crippen LogP contribution in [0.4, 0.5) is 13.2 Å². The van der Waals surface area contributed by atoms with E-state index in [1.807, 2.05) is 0 Å². The average Bonchev–Trinajstić information content (AvgIpc) is 2.63. The fourth-order valence-corrected chi connectivity index (χ4v) is 2.36. The summed E-state index contributed by atoms with van der Waals surface area (Å²) in [5.74, 6) is -4.09. The summed E-state index contributed by atoms with van der Waals surface area (Å²) in [5, 5.41) is 0. The largest absolute Gasteiger partial charge is 0.337 e. The van der Waals surface area contributed by atoms with Gasteiger partial charge in [-0.3, -0.25) is 4.79 Å². The lowest BCUT2D eigenvalue weighted by atomic mass is 10.1. The highest BCUT2D eigenvalue weighted by Crippen LogP contribution is 2.22. The van der Waals surface area contributed by atoms with Gasteiger partial charge in [-0.2, -0.15) is 0 Å². The highest BCUT2D eigenvalue weighted by molar-refractivity contribution is 9.09. The van der Waals surface area contributed by atoms with Crippen LogP contribution in [0, 0.1) is 17.5 Å². The molecule has 1 unspecified atom stereocenters. The predicted octanol–water partition coefficient (Wildman–Crippen LogP) is 2.71. The lowest BCUT2D eigenvalue weighted by Gasteiger charge is -2.16. The van der Waals surface area contributed by atoms with Crippen LogP contribution in [0.5, 0.6) is 0 Å². The van der Waals surface area contributed by atoms with Gasteiger partial charge in [0.05, 0.1) is 0 Å². The number of carbonyl (C=O) groups excluding carboxylic acids is 1. The Morgan fingerprint density at radius 1 is 1.29 bits per heavy atom. The molecule has 1 amide bonds. The van der Waals surface area contributed by atoms with Crippen LogP contribution in [0.25, 0.3) is 0 Å². The lowest BCUT2D eigenvalue weighted by Crippen LogP contribution is -2.30. The lowest BCUT2D eigenvalue weighted by molar-refractivity contribution is 0.0783. The van der Waals surface area contributed by atoms with Crippen molar-refractivity contribution in [1.82, 2.24) is 4.90 Å². The average molecular weight is 308 g/mol. The molecule has 6 heteroatoms. The molecule has 0 aliphatic carbocycles. The summed E-state index contributed by atoms with van der Waals surface area (Å²) in [7, 11) is 0. The molecule has 1 saturated heterocycles. The molecule has 1 aromatic carbocycles. The van der Waals surface area contributed by atoms with Crippen molar-refractivity contribution in [3.8, 4) is 0 Å². The zero-order chi connectivity index (χ0) is 12.6. The summed E-state index contributed by atoms with van der Waals surface area (Å²) >= 11 is 3.33. The van der Waals surface area contributed by atoms with Gasteiger partial charge >= 0.3 is 0 Å². The molecule has 0 bridgehead atoms. The Balaban J connectivity index is 2.31. The number of carbonyl (C=O) groups is 1. The highest BCUT2D eigenvalue weighted by Gasteiger charge is 2.29. The molecular formula is C11H9BrF3NO. The molecule has 17 heavy (non-hydrogen) atoms. The van der Waals surface area contributed by atoms with Gasteiger partial charge in [-0.1, -0.05) is 15.9 Å². The van der Waals surface area contributed by atoms with Gasteiger partial charge in [0.2, 0.25) is 0 Å². The van der Waals surface area contributed by atoms with E-state index < -0.39 is 28.9 Å². The molecule has 1 atom stereocenters. The van der Waals surface area contributed by atoms with Gasteiger partial charge in [-0.05, 0) is 6.42 Å². The zero-order valence-electron chi connectivity index (χ0n) is 8.72. The second-order valence-electron chi connectivity index (χ2n) is 3.88. The van der Waals surface area contributed by atoms with E-state index in [1.165, 1.54) is 4.90 Å². The van der Waals surface area contributed by atoms with Crippen molar-refractivity contribution in [2.45, 2.75) is 11.2 Å². The van der Waals surface area contributed by atoms with Crippen LogP contribution in [-0.2, 0) is 0 Å². The van der Waals surface area contributed by atoms with E-state index in [2.05, 4.69) is 15.9 Å². The summed E-state index contributed by atoms with van der Waals surface area (Å²) in [5.41, 5.74) is -0.687. The molecule has 0 aromatic heterocycles. The molecule has 1 aromatic rings. The molecule has 0 saturated carbocycles. The van der Waals surface area contributed by atoms with Gasteiger partial charge in [0, 0.05) is 30.0 Å². The van der Waals surface area contributed by atoms with Crippen LogP contribution in [0.2, 0.25) is 0 Å². The maximum atomic E-state index is 13.4. The first kappa shape index (κ1) is 12.4. The van der Waals surface area contributed by atoms with Crippen LogP contribution in [0.3, 0.4) is 0 Å². The third-order valence-electron chi connectivity index (χ3n) is 2.64. The normalized spacial score (nSPS) is 19.8. The number of hydrogen-bond acceptors (Lipinski definition) is 1. The monoisotopic (exact) mass is 307 g/mol. The second-order valence-corrected chi connectivity index (χ2v) is 5.18. The Labute approximate surface area is 105 Å². The number of benzene rings is 1. The van der Waals surface area contributed by atoms with E-state index in [4.69, 9.17) is 0 Å². The number of nitrogens with zero attached hydrogens (tertiary/aromatic N) is 1. The van der Waals surface area contributed by atoms with E-state index in [-0.39, 0.29) is 4.83 Å². The number of likely N-dealkylation sites (tertiary alicyclic amines) is 1. The first-order chi connectivity index (χ1) is 7.99. The maximum absolute atomic E-state index is 13.4. The van der Waals surface area contributed by atoms with Crippen LogP contribution >= 0.6 is 15.9 Å². The predicted molar refractivity (Wildman–Crippen MR) is 59.6 cm³/mol. The van der Waals surface area contributed by atoms with Crippen LogP contribution in [0.15, 0.2) is 12.1 Å². The van der Waals surface area contributed by atoms with Crippen molar-refractivity contribution >= 4 is 21.8 Å². The van der Waals surface area contributed by atoms with Gasteiger partial charge < -0.3 is 4.90 Å². The maximum Gasteiger partial charge on any atom is 0.259 e. The minimum absolute atomic E-state index is 0.137. The summed E-state index contributed by atoms with van der Waals surface area (Å²) in [6.45, 7) is 0.833. The van der Waals surface area contributed by atoms with Crippen LogP contribution in [-0.4, -0.2) is 28.7 Å². The van der Waals surface area contributed by atoms with Crippen LogP contribution < -0.4 is 0 Å². The molecule has 2 rings (SSSR count). The fraction of sp³-hybridized carbons (Fsp3) is 0.364. The number of amides is 1. The second kappa shape index (κ2) is 4.68. The summed E-state index contributed by atoms with van der Waals surface area (Å²) in [6.07, 6.45) is 0.732. The molecule has 1 heterocycles. The summed E-state index contributed by atoms with van der Waals surface area (Å²) in [4.78, 5) is 13.3. The molecule has 1 aliphatic rings. The van der Waals surface area contributed by atoms with Crippen molar-refractivity contribution in [2.24, 2.45) is 0 Å². The smallest absolute Gasteiger partial charge is 0.259 e. The zero-order valence-corrected chi connectivity index (χ0v) is 10.3. The molecule has 2 nitrogen and oxygen atoms in total. The Morgan fingerprint density at radius 2 is 1.88 bits per heavy atom. The Morgan fingerprint density at radius 3 is 2.35 bits per heavy atom. The summed E-state index contributed by atoms with van der Waals surface area (Å²) < 4.78 is 39.4. The third-order valence-corrected chi connectivity index (χ3v) is 3.39. The van der Waals surface area contributed by atoms with Crippen LogP contribution in [0.1, 0.15) is 16.8 Å². The molecule has 1 aliphatic heterocycles. The Kier molecular flexibility index (Phi) is 3.42. The van der Waals surface area contributed by atoms with Gasteiger partial charge in [0.1, 0.15) is 23.0 Å². The van der Waals surface area contributed by atoms with Crippen molar-refractivity contribution < 1.29 is 18.0 Å². The summed E-state index contributed by atoms with van der Waals surface area (Å²) in [6, 6.07) is 1.02. The minimum Gasteiger partial charge on any atom is -0.337 e. The SMILES string of the molecule is O=C(c1c(F)cc(F)cc1F)N1CCC(Br)C1. The Bertz CT molecular complexity index is 443. The topological polar surface area (TPSA) is 20.3 Å². The quantitative estimate of drug-likeness (QED) is 0.731. The van der Waals surface area contributed by atoms with E-state index in [9.17, 15) is 18.0 Å². The molecule has 92 valence electrons. The van der Waals surface area contributed by atoms with Crippen molar-refractivity contribution in [2.75, 3.05) is 13.1 Å². The van der Waals surface area contributed by atoms with Gasteiger partial charge in [0.25, 0.3) is 5.91 Å². The van der Waals surface area contributed by atoms with E-state index in [1.54, 1.807) is 0 Å².